The van der Waals surface area contributed by atoms with E-state index < -0.39 is 16.0 Å². The molecule has 0 spiro atoms. The second kappa shape index (κ2) is 8.11. The van der Waals surface area contributed by atoms with Gasteiger partial charge in [-0.3, -0.25) is 0 Å². The third-order valence-electron chi connectivity index (χ3n) is 2.97. The minimum absolute atomic E-state index is 0.105. The molecule has 6 nitrogen and oxygen atoms in total. The maximum absolute atomic E-state index is 12.3. The third-order valence-corrected chi connectivity index (χ3v) is 4.57. The molecule has 7 heteroatoms. The van der Waals surface area contributed by atoms with Crippen LogP contribution in [0.2, 0.25) is 0 Å². The standard InChI is InChI=1S/C14H22N2O4S/c1-4-15-8-5-9-16-21(18,19)13-10-12(14(17)20-3)7-6-11(13)2/h6-7,10,15-16H,4-5,8-9H2,1-3H3. The van der Waals surface area contributed by atoms with Crippen molar-refractivity contribution in [1.82, 2.24) is 10.0 Å². The molecule has 0 atom stereocenters. The number of aryl methyl sites for hydroxylation is 1. The van der Waals surface area contributed by atoms with E-state index in [9.17, 15) is 13.2 Å². The van der Waals surface area contributed by atoms with E-state index in [4.69, 9.17) is 0 Å². The molecule has 1 rings (SSSR count). The molecule has 1 aromatic rings. The van der Waals surface area contributed by atoms with Gasteiger partial charge in [0.2, 0.25) is 10.0 Å². The lowest BCUT2D eigenvalue weighted by Crippen LogP contribution is -2.28. The number of rotatable bonds is 8. The number of benzene rings is 1. The Kier molecular flexibility index (Phi) is 6.80. The van der Waals surface area contributed by atoms with Crippen LogP contribution in [0.25, 0.3) is 0 Å². The molecule has 0 saturated carbocycles. The molecule has 1 aromatic carbocycles. The molecular formula is C14H22N2O4S. The minimum Gasteiger partial charge on any atom is -0.465 e. The topological polar surface area (TPSA) is 84.5 Å². The highest BCUT2D eigenvalue weighted by Gasteiger charge is 2.18. The molecule has 0 amide bonds. The summed E-state index contributed by atoms with van der Waals surface area (Å²) in [6.45, 7) is 5.63. The van der Waals surface area contributed by atoms with E-state index in [1.807, 2.05) is 6.92 Å². The molecule has 0 aliphatic rings. The van der Waals surface area contributed by atoms with Gasteiger partial charge in [0.05, 0.1) is 17.6 Å². The highest BCUT2D eigenvalue weighted by Crippen LogP contribution is 2.17. The molecule has 0 aliphatic heterocycles. The Morgan fingerprint density at radius 2 is 2.00 bits per heavy atom. The molecule has 0 unspecified atom stereocenters. The summed E-state index contributed by atoms with van der Waals surface area (Å²) in [5.74, 6) is -0.557. The number of hydrogen-bond donors (Lipinski definition) is 2. The SMILES string of the molecule is CCNCCCNS(=O)(=O)c1cc(C(=O)OC)ccc1C. The average molecular weight is 314 g/mol. The molecular weight excluding hydrogens is 292 g/mol. The van der Waals surface area contributed by atoms with Gasteiger partial charge in [0.15, 0.2) is 0 Å². The van der Waals surface area contributed by atoms with Crippen LogP contribution in [0.1, 0.15) is 29.3 Å². The average Bonchev–Trinajstić information content (AvgIpc) is 2.46. The number of sulfonamides is 1. The van der Waals surface area contributed by atoms with Gasteiger partial charge >= 0.3 is 5.97 Å². The fraction of sp³-hybridized carbons (Fsp3) is 0.500. The Hall–Kier alpha value is -1.44. The van der Waals surface area contributed by atoms with E-state index in [0.717, 1.165) is 13.1 Å². The summed E-state index contributed by atoms with van der Waals surface area (Å²) in [6.07, 6.45) is 0.697. The fourth-order valence-electron chi connectivity index (χ4n) is 1.81. The number of ether oxygens (including phenoxy) is 1. The van der Waals surface area contributed by atoms with Crippen molar-refractivity contribution in [2.75, 3.05) is 26.7 Å². The summed E-state index contributed by atoms with van der Waals surface area (Å²) >= 11 is 0. The van der Waals surface area contributed by atoms with Crippen LogP contribution in [-0.2, 0) is 14.8 Å². The molecule has 0 radical (unpaired) electrons. The van der Waals surface area contributed by atoms with Crippen LogP contribution >= 0.6 is 0 Å². The predicted octanol–water partition coefficient (Wildman–Crippen LogP) is 1.06. The van der Waals surface area contributed by atoms with Crippen LogP contribution in [0.5, 0.6) is 0 Å². The number of nitrogens with one attached hydrogen (secondary N) is 2. The first-order chi connectivity index (χ1) is 9.92. The largest absolute Gasteiger partial charge is 0.465 e. The summed E-state index contributed by atoms with van der Waals surface area (Å²) in [4.78, 5) is 11.6. The van der Waals surface area contributed by atoms with Gasteiger partial charge in [-0.15, -0.1) is 0 Å². The van der Waals surface area contributed by atoms with Crippen LogP contribution in [0.15, 0.2) is 23.1 Å². The zero-order chi connectivity index (χ0) is 15.9. The van der Waals surface area contributed by atoms with Gasteiger partial charge in [0, 0.05) is 6.54 Å². The quantitative estimate of drug-likeness (QED) is 0.554. The van der Waals surface area contributed by atoms with Gasteiger partial charge in [0.1, 0.15) is 0 Å². The van der Waals surface area contributed by atoms with Crippen molar-refractivity contribution in [3.63, 3.8) is 0 Å². The summed E-state index contributed by atoms with van der Waals surface area (Å²) in [7, 11) is -2.37. The van der Waals surface area contributed by atoms with E-state index in [-0.39, 0.29) is 10.5 Å². The van der Waals surface area contributed by atoms with E-state index in [2.05, 4.69) is 14.8 Å². The maximum Gasteiger partial charge on any atom is 0.337 e. The van der Waals surface area contributed by atoms with Crippen LogP contribution < -0.4 is 10.0 Å². The molecule has 118 valence electrons. The monoisotopic (exact) mass is 314 g/mol. The van der Waals surface area contributed by atoms with Gasteiger partial charge in [-0.05, 0) is 44.1 Å². The highest BCUT2D eigenvalue weighted by molar-refractivity contribution is 7.89. The van der Waals surface area contributed by atoms with E-state index in [0.29, 0.717) is 18.5 Å². The van der Waals surface area contributed by atoms with Crippen molar-refractivity contribution in [3.05, 3.63) is 29.3 Å². The molecule has 0 saturated heterocycles. The predicted molar refractivity (Wildman–Crippen MR) is 80.9 cm³/mol. The van der Waals surface area contributed by atoms with Crippen molar-refractivity contribution in [1.29, 1.82) is 0 Å². The Bertz CT molecular complexity index is 585. The molecule has 0 bridgehead atoms. The first-order valence-corrected chi connectivity index (χ1v) is 8.30. The second-order valence-electron chi connectivity index (χ2n) is 4.58. The molecule has 0 fully saturated rings. The van der Waals surface area contributed by atoms with Crippen molar-refractivity contribution >= 4 is 16.0 Å². The summed E-state index contributed by atoms with van der Waals surface area (Å²) < 4.78 is 31.7. The first kappa shape index (κ1) is 17.6. The van der Waals surface area contributed by atoms with Gasteiger partial charge in [-0.2, -0.15) is 0 Å². The van der Waals surface area contributed by atoms with E-state index in [1.54, 1.807) is 19.1 Å². The van der Waals surface area contributed by atoms with Gasteiger partial charge in [0.25, 0.3) is 0 Å². The minimum atomic E-state index is -3.63. The number of carbonyl (C=O) groups is 1. The molecule has 2 N–H and O–H groups in total. The normalized spacial score (nSPS) is 11.4. The molecule has 0 aliphatic carbocycles. The Labute approximate surface area is 125 Å². The zero-order valence-electron chi connectivity index (χ0n) is 12.6. The Morgan fingerprint density at radius 1 is 1.29 bits per heavy atom. The van der Waals surface area contributed by atoms with E-state index in [1.165, 1.54) is 13.2 Å². The van der Waals surface area contributed by atoms with Crippen LogP contribution in [0.3, 0.4) is 0 Å². The number of esters is 1. The van der Waals surface area contributed by atoms with Crippen molar-refractivity contribution in [2.24, 2.45) is 0 Å². The van der Waals surface area contributed by atoms with Crippen molar-refractivity contribution < 1.29 is 17.9 Å². The lowest BCUT2D eigenvalue weighted by molar-refractivity contribution is 0.0600. The number of methoxy groups -OCH3 is 1. The first-order valence-electron chi connectivity index (χ1n) is 6.81. The van der Waals surface area contributed by atoms with Crippen molar-refractivity contribution in [3.8, 4) is 0 Å². The zero-order valence-corrected chi connectivity index (χ0v) is 13.4. The number of carbonyl (C=O) groups excluding carboxylic acids is 1. The van der Waals surface area contributed by atoms with Gasteiger partial charge in [-0.1, -0.05) is 13.0 Å². The highest BCUT2D eigenvalue weighted by atomic mass is 32.2. The van der Waals surface area contributed by atoms with Crippen LogP contribution in [0.4, 0.5) is 0 Å². The Morgan fingerprint density at radius 3 is 2.62 bits per heavy atom. The molecule has 21 heavy (non-hydrogen) atoms. The summed E-state index contributed by atoms with van der Waals surface area (Å²) in [6, 6.07) is 4.48. The summed E-state index contributed by atoms with van der Waals surface area (Å²) in [5.41, 5.74) is 0.804. The smallest absolute Gasteiger partial charge is 0.337 e. The fourth-order valence-corrected chi connectivity index (χ4v) is 3.15. The third kappa shape index (κ3) is 5.11. The van der Waals surface area contributed by atoms with Gasteiger partial charge < -0.3 is 10.1 Å². The second-order valence-corrected chi connectivity index (χ2v) is 6.31. The van der Waals surface area contributed by atoms with E-state index >= 15 is 0 Å². The molecule has 0 heterocycles. The lowest BCUT2D eigenvalue weighted by Gasteiger charge is -2.10. The maximum atomic E-state index is 12.3. The molecule has 0 aromatic heterocycles. The number of hydrogen-bond acceptors (Lipinski definition) is 5. The van der Waals surface area contributed by atoms with Crippen LogP contribution in [0, 0.1) is 6.92 Å². The van der Waals surface area contributed by atoms with Gasteiger partial charge in [-0.25, -0.2) is 17.9 Å². The Balaban J connectivity index is 2.84. The summed E-state index contributed by atoms with van der Waals surface area (Å²) in [5, 5.41) is 3.12. The lowest BCUT2D eigenvalue weighted by atomic mass is 10.1. The van der Waals surface area contributed by atoms with Crippen LogP contribution in [-0.4, -0.2) is 41.1 Å². The van der Waals surface area contributed by atoms with Crippen molar-refractivity contribution in [2.45, 2.75) is 25.2 Å².